The molecule has 0 amide bonds. The van der Waals surface area contributed by atoms with Crippen LogP contribution in [0.2, 0.25) is 0 Å². The Morgan fingerprint density at radius 3 is 2.27 bits per heavy atom. The van der Waals surface area contributed by atoms with Crippen molar-refractivity contribution >= 4 is 15.9 Å². The largest absolute Gasteiger partial charge is 0.265 e. The first-order valence-electron chi connectivity index (χ1n) is 5.44. The van der Waals surface area contributed by atoms with E-state index in [1.165, 1.54) is 12.0 Å². The molecule has 0 saturated carbocycles. The summed E-state index contributed by atoms with van der Waals surface area (Å²) >= 11 is 3.80. The quantitative estimate of drug-likeness (QED) is 0.742. The van der Waals surface area contributed by atoms with Crippen molar-refractivity contribution in [2.75, 3.05) is 0 Å². The van der Waals surface area contributed by atoms with Crippen LogP contribution in [0.1, 0.15) is 45.6 Å². The fourth-order valence-corrected chi connectivity index (χ4v) is 2.91. The van der Waals surface area contributed by atoms with Gasteiger partial charge in [0.25, 0.3) is 0 Å². The number of aromatic nitrogens is 1. The first kappa shape index (κ1) is 12.7. The van der Waals surface area contributed by atoms with Gasteiger partial charge in [0.1, 0.15) is 0 Å². The molecule has 1 nitrogen and oxygen atoms in total. The van der Waals surface area contributed by atoms with Gasteiger partial charge in [-0.05, 0) is 35.4 Å². The van der Waals surface area contributed by atoms with Crippen molar-refractivity contribution in [3.05, 3.63) is 30.1 Å². The fourth-order valence-electron chi connectivity index (χ4n) is 1.64. The Bertz CT molecular complexity index is 289. The van der Waals surface area contributed by atoms with Crippen LogP contribution in [0.25, 0.3) is 0 Å². The van der Waals surface area contributed by atoms with Crippen LogP contribution in [0.3, 0.4) is 0 Å². The lowest BCUT2D eigenvalue weighted by Gasteiger charge is -2.26. The van der Waals surface area contributed by atoms with Gasteiger partial charge in [-0.3, -0.25) is 4.98 Å². The van der Waals surface area contributed by atoms with E-state index < -0.39 is 0 Å². The molecule has 0 aliphatic carbocycles. The van der Waals surface area contributed by atoms with Gasteiger partial charge in [-0.15, -0.1) is 0 Å². The average Bonchev–Trinajstić information content (AvgIpc) is 2.15. The Labute approximate surface area is 101 Å². The molecular formula is C13H20BrN. The van der Waals surface area contributed by atoms with Crippen molar-refractivity contribution < 1.29 is 0 Å². The van der Waals surface area contributed by atoms with Crippen LogP contribution in [0.15, 0.2) is 24.5 Å². The van der Waals surface area contributed by atoms with Gasteiger partial charge >= 0.3 is 0 Å². The summed E-state index contributed by atoms with van der Waals surface area (Å²) in [6.07, 6.45) is 4.90. The molecule has 0 saturated heterocycles. The molecule has 0 aliphatic heterocycles. The van der Waals surface area contributed by atoms with Gasteiger partial charge in [-0.25, -0.2) is 0 Å². The fraction of sp³-hybridized carbons (Fsp3) is 0.615. The lowest BCUT2D eigenvalue weighted by molar-refractivity contribution is 0.362. The lowest BCUT2D eigenvalue weighted by atomic mass is 9.85. The summed E-state index contributed by atoms with van der Waals surface area (Å²) < 4.78 is 0. The standard InChI is InChI=1S/C13H20BrN/c1-10(11-5-7-15-8-6-11)12(14)9-13(2,3)4/h5-8,10,12H,9H2,1-4H3. The van der Waals surface area contributed by atoms with E-state index in [-0.39, 0.29) is 0 Å². The third kappa shape index (κ3) is 4.33. The van der Waals surface area contributed by atoms with Crippen molar-refractivity contribution in [2.45, 2.75) is 44.9 Å². The van der Waals surface area contributed by atoms with Crippen LogP contribution in [-0.2, 0) is 0 Å². The number of rotatable bonds is 3. The van der Waals surface area contributed by atoms with E-state index in [2.05, 4.69) is 60.7 Å². The number of nitrogens with zero attached hydrogens (tertiary/aromatic N) is 1. The van der Waals surface area contributed by atoms with E-state index in [1.54, 1.807) is 0 Å². The predicted octanol–water partition coefficient (Wildman–Crippen LogP) is 4.38. The Kier molecular flexibility index (Phi) is 4.32. The number of hydrogen-bond acceptors (Lipinski definition) is 1. The monoisotopic (exact) mass is 269 g/mol. The van der Waals surface area contributed by atoms with Gasteiger partial charge in [-0.2, -0.15) is 0 Å². The molecule has 0 N–H and O–H groups in total. The van der Waals surface area contributed by atoms with E-state index in [0.29, 0.717) is 16.2 Å². The highest BCUT2D eigenvalue weighted by Crippen LogP contribution is 2.33. The van der Waals surface area contributed by atoms with E-state index in [1.807, 2.05) is 12.4 Å². The van der Waals surface area contributed by atoms with Crippen LogP contribution < -0.4 is 0 Å². The maximum atomic E-state index is 4.05. The molecular weight excluding hydrogens is 250 g/mol. The summed E-state index contributed by atoms with van der Waals surface area (Å²) in [6, 6.07) is 4.20. The molecule has 0 bridgehead atoms. The summed E-state index contributed by atoms with van der Waals surface area (Å²) in [5.41, 5.74) is 1.73. The average molecular weight is 270 g/mol. The van der Waals surface area contributed by atoms with Crippen LogP contribution in [0.4, 0.5) is 0 Å². The van der Waals surface area contributed by atoms with E-state index in [0.717, 1.165) is 0 Å². The molecule has 0 aromatic carbocycles. The molecule has 0 aliphatic rings. The molecule has 1 aromatic rings. The minimum absolute atomic E-state index is 0.370. The Morgan fingerprint density at radius 1 is 1.27 bits per heavy atom. The van der Waals surface area contributed by atoms with Gasteiger partial charge in [0.2, 0.25) is 0 Å². The Balaban J connectivity index is 2.65. The van der Waals surface area contributed by atoms with Crippen molar-refractivity contribution in [1.29, 1.82) is 0 Å². The number of alkyl halides is 1. The first-order chi connectivity index (χ1) is 6.90. The molecule has 2 heteroatoms. The summed E-state index contributed by atoms with van der Waals surface area (Å²) in [7, 11) is 0. The molecule has 1 rings (SSSR count). The molecule has 84 valence electrons. The van der Waals surface area contributed by atoms with Crippen LogP contribution >= 0.6 is 15.9 Å². The molecule has 0 radical (unpaired) electrons. The maximum Gasteiger partial charge on any atom is 0.0270 e. The topological polar surface area (TPSA) is 12.9 Å². The van der Waals surface area contributed by atoms with Crippen molar-refractivity contribution in [1.82, 2.24) is 4.98 Å². The van der Waals surface area contributed by atoms with E-state index in [9.17, 15) is 0 Å². The van der Waals surface area contributed by atoms with Crippen molar-refractivity contribution in [3.63, 3.8) is 0 Å². The van der Waals surface area contributed by atoms with Crippen LogP contribution in [0.5, 0.6) is 0 Å². The second-order valence-electron chi connectivity index (χ2n) is 5.35. The number of pyridine rings is 1. The maximum absolute atomic E-state index is 4.05. The van der Waals surface area contributed by atoms with Gasteiger partial charge in [-0.1, -0.05) is 43.6 Å². The van der Waals surface area contributed by atoms with Gasteiger partial charge in [0, 0.05) is 17.2 Å². The van der Waals surface area contributed by atoms with Crippen molar-refractivity contribution in [3.8, 4) is 0 Å². The third-order valence-corrected chi connectivity index (χ3v) is 3.70. The predicted molar refractivity (Wildman–Crippen MR) is 69.4 cm³/mol. The minimum atomic E-state index is 0.370. The molecule has 2 unspecified atom stereocenters. The normalized spacial score (nSPS) is 16.1. The highest BCUT2D eigenvalue weighted by atomic mass is 79.9. The summed E-state index contributed by atoms with van der Waals surface area (Å²) in [4.78, 5) is 4.57. The van der Waals surface area contributed by atoms with Crippen LogP contribution in [0, 0.1) is 5.41 Å². The molecule has 0 spiro atoms. The Hall–Kier alpha value is -0.370. The Morgan fingerprint density at radius 2 is 1.80 bits per heavy atom. The first-order valence-corrected chi connectivity index (χ1v) is 6.36. The zero-order chi connectivity index (χ0) is 11.5. The van der Waals surface area contributed by atoms with Gasteiger partial charge < -0.3 is 0 Å². The van der Waals surface area contributed by atoms with Gasteiger partial charge in [0.15, 0.2) is 0 Å². The van der Waals surface area contributed by atoms with Gasteiger partial charge in [0.05, 0.1) is 0 Å². The smallest absolute Gasteiger partial charge is 0.0270 e. The van der Waals surface area contributed by atoms with E-state index >= 15 is 0 Å². The summed E-state index contributed by atoms with van der Waals surface area (Å²) in [5, 5.41) is 0. The minimum Gasteiger partial charge on any atom is -0.265 e. The zero-order valence-electron chi connectivity index (χ0n) is 10.00. The summed E-state index contributed by atoms with van der Waals surface area (Å²) in [5.74, 6) is 0.534. The molecule has 0 fully saturated rings. The highest BCUT2D eigenvalue weighted by Gasteiger charge is 2.22. The number of hydrogen-bond donors (Lipinski definition) is 0. The molecule has 1 heterocycles. The molecule has 2 atom stereocenters. The zero-order valence-corrected chi connectivity index (χ0v) is 11.6. The van der Waals surface area contributed by atoms with Crippen LogP contribution in [-0.4, -0.2) is 9.81 Å². The second kappa shape index (κ2) is 5.11. The summed E-state index contributed by atoms with van der Waals surface area (Å²) in [6.45, 7) is 9.10. The SMILES string of the molecule is CC(c1ccncc1)C(Br)CC(C)(C)C. The second-order valence-corrected chi connectivity index (χ2v) is 6.53. The van der Waals surface area contributed by atoms with Crippen molar-refractivity contribution in [2.24, 2.45) is 5.41 Å². The number of halogens is 1. The third-order valence-electron chi connectivity index (χ3n) is 2.58. The lowest BCUT2D eigenvalue weighted by Crippen LogP contribution is -2.18. The molecule has 15 heavy (non-hydrogen) atoms. The van der Waals surface area contributed by atoms with E-state index in [4.69, 9.17) is 0 Å². The highest BCUT2D eigenvalue weighted by molar-refractivity contribution is 9.09. The molecule has 1 aromatic heterocycles.